The monoisotopic (exact) mass is 267 g/mol. The molecule has 4 aliphatic rings. The van der Waals surface area contributed by atoms with E-state index in [0.717, 1.165) is 17.9 Å². The highest BCUT2D eigenvalue weighted by Gasteiger charge is 2.50. The molecule has 2 saturated carbocycles. The van der Waals surface area contributed by atoms with E-state index in [0.29, 0.717) is 29.6 Å². The van der Waals surface area contributed by atoms with E-state index < -0.39 is 0 Å². The van der Waals surface area contributed by atoms with Crippen molar-refractivity contribution in [3.63, 3.8) is 0 Å². The third-order valence-electron chi connectivity index (χ3n) is 5.68. The first-order valence-electron chi connectivity index (χ1n) is 7.62. The van der Waals surface area contributed by atoms with Gasteiger partial charge in [-0.25, -0.2) is 0 Å². The van der Waals surface area contributed by atoms with E-state index in [9.17, 15) is 0 Å². The van der Waals surface area contributed by atoms with Gasteiger partial charge in [0.25, 0.3) is 0 Å². The predicted molar refractivity (Wildman–Crippen MR) is 80.5 cm³/mol. The molecule has 2 fully saturated rings. The number of hydrogen-bond acceptors (Lipinski definition) is 2. The van der Waals surface area contributed by atoms with Gasteiger partial charge in [-0.3, -0.25) is 0 Å². The van der Waals surface area contributed by atoms with Crippen molar-refractivity contribution in [1.82, 2.24) is 0 Å². The van der Waals surface area contributed by atoms with Crippen LogP contribution in [0.3, 0.4) is 0 Å². The molecule has 0 aliphatic heterocycles. The first-order chi connectivity index (χ1) is 9.69. The molecular weight excluding hydrogens is 246 g/mol. The van der Waals surface area contributed by atoms with Gasteiger partial charge in [0, 0.05) is 17.5 Å². The van der Waals surface area contributed by atoms with Crippen LogP contribution in [-0.2, 0) is 4.74 Å². The number of allylic oxidation sites excluding steroid dienone is 7. The quantitative estimate of drug-likeness (QED) is 0.768. The minimum Gasteiger partial charge on any atom is -0.497 e. The zero-order chi connectivity index (χ0) is 13.9. The molecule has 0 bridgehead atoms. The molecule has 0 aromatic heterocycles. The number of methoxy groups -OCH3 is 1. The van der Waals surface area contributed by atoms with Gasteiger partial charge in [-0.2, -0.15) is 0 Å². The summed E-state index contributed by atoms with van der Waals surface area (Å²) < 4.78 is 5.40. The highest BCUT2D eigenvalue weighted by molar-refractivity contribution is 5.88. The van der Waals surface area contributed by atoms with Gasteiger partial charge < -0.3 is 10.1 Å². The minimum absolute atomic E-state index is 0.409. The summed E-state index contributed by atoms with van der Waals surface area (Å²) in [5, 5.41) is 8.41. The van der Waals surface area contributed by atoms with E-state index >= 15 is 0 Å². The lowest BCUT2D eigenvalue weighted by atomic mass is 9.51. The number of ether oxygens (including phenoxy) is 1. The average Bonchev–Trinajstić information content (AvgIpc) is 2.44. The van der Waals surface area contributed by atoms with Crippen LogP contribution in [0.1, 0.15) is 19.8 Å². The van der Waals surface area contributed by atoms with Crippen molar-refractivity contribution in [2.75, 3.05) is 7.11 Å². The van der Waals surface area contributed by atoms with Crippen LogP contribution in [0.15, 0.2) is 47.3 Å². The smallest absolute Gasteiger partial charge is 0.115 e. The molecule has 104 valence electrons. The second kappa shape index (κ2) is 4.21. The summed E-state index contributed by atoms with van der Waals surface area (Å²) in [6.07, 6.45) is 13.3. The van der Waals surface area contributed by atoms with Crippen LogP contribution in [-0.4, -0.2) is 12.8 Å². The number of rotatable bonds is 1. The van der Waals surface area contributed by atoms with Crippen LogP contribution < -0.4 is 0 Å². The highest BCUT2D eigenvalue weighted by atomic mass is 16.5. The lowest BCUT2D eigenvalue weighted by Crippen LogP contribution is -2.49. The van der Waals surface area contributed by atoms with Crippen molar-refractivity contribution < 1.29 is 4.74 Å². The van der Waals surface area contributed by atoms with Gasteiger partial charge in [-0.1, -0.05) is 30.7 Å². The van der Waals surface area contributed by atoms with E-state index in [1.165, 1.54) is 12.0 Å². The number of fused-ring (bicyclic) bond motifs is 5. The number of hydrogen-bond donors (Lipinski definition) is 1. The lowest BCUT2D eigenvalue weighted by Gasteiger charge is -2.53. The summed E-state index contributed by atoms with van der Waals surface area (Å²) >= 11 is 0. The van der Waals surface area contributed by atoms with E-state index in [4.69, 9.17) is 10.1 Å². The molecule has 20 heavy (non-hydrogen) atoms. The Balaban J connectivity index is 1.72. The maximum atomic E-state index is 8.41. The van der Waals surface area contributed by atoms with Gasteiger partial charge in [-0.15, -0.1) is 0 Å². The second-order valence-electron chi connectivity index (χ2n) is 6.65. The molecule has 0 aromatic carbocycles. The molecule has 0 spiro atoms. The Labute approximate surface area is 120 Å². The maximum Gasteiger partial charge on any atom is 0.115 e. The van der Waals surface area contributed by atoms with E-state index in [1.54, 1.807) is 12.7 Å². The Morgan fingerprint density at radius 1 is 1.20 bits per heavy atom. The van der Waals surface area contributed by atoms with Crippen molar-refractivity contribution >= 4 is 5.71 Å². The Morgan fingerprint density at radius 3 is 2.80 bits per heavy atom. The van der Waals surface area contributed by atoms with Gasteiger partial charge in [-0.05, 0) is 48.3 Å². The Bertz CT molecular complexity index is 593. The van der Waals surface area contributed by atoms with Crippen molar-refractivity contribution in [2.45, 2.75) is 19.8 Å². The summed E-state index contributed by atoms with van der Waals surface area (Å²) in [6, 6.07) is 0. The molecule has 0 amide bonds. The third-order valence-corrected chi connectivity index (χ3v) is 5.68. The van der Waals surface area contributed by atoms with Crippen LogP contribution in [0.5, 0.6) is 0 Å². The minimum atomic E-state index is 0.409. The fourth-order valence-corrected chi connectivity index (χ4v) is 4.63. The van der Waals surface area contributed by atoms with Gasteiger partial charge in [0.1, 0.15) is 5.76 Å². The van der Waals surface area contributed by atoms with Crippen LogP contribution in [0.2, 0.25) is 0 Å². The normalized spacial score (nSPS) is 41.4. The molecular formula is C18H21NO. The van der Waals surface area contributed by atoms with Crippen molar-refractivity contribution in [3.05, 3.63) is 47.3 Å². The molecule has 1 N–H and O–H groups in total. The topological polar surface area (TPSA) is 33.1 Å². The molecule has 4 rings (SSSR count). The van der Waals surface area contributed by atoms with Crippen molar-refractivity contribution in [2.24, 2.45) is 29.6 Å². The largest absolute Gasteiger partial charge is 0.497 e. The molecule has 0 heterocycles. The SMILES string of the molecule is COC1=CC2C(=CC=C3C2CC(=N)C2C(C)CC32)C=C1. The molecule has 0 radical (unpaired) electrons. The zero-order valence-corrected chi connectivity index (χ0v) is 12.1. The molecule has 5 atom stereocenters. The van der Waals surface area contributed by atoms with Gasteiger partial charge >= 0.3 is 0 Å². The first-order valence-corrected chi connectivity index (χ1v) is 7.62. The Morgan fingerprint density at radius 2 is 2.05 bits per heavy atom. The summed E-state index contributed by atoms with van der Waals surface area (Å²) in [5.41, 5.74) is 3.96. The van der Waals surface area contributed by atoms with E-state index in [2.05, 4.69) is 31.2 Å². The molecule has 5 unspecified atom stereocenters. The molecule has 0 saturated heterocycles. The predicted octanol–water partition coefficient (Wildman–Crippen LogP) is 3.88. The molecule has 2 heteroatoms. The first kappa shape index (κ1) is 12.2. The fourth-order valence-electron chi connectivity index (χ4n) is 4.63. The van der Waals surface area contributed by atoms with Crippen LogP contribution in [0.25, 0.3) is 0 Å². The molecule has 2 nitrogen and oxygen atoms in total. The molecule has 0 aromatic rings. The summed E-state index contributed by atoms with van der Waals surface area (Å²) in [4.78, 5) is 0. The molecule has 4 aliphatic carbocycles. The van der Waals surface area contributed by atoms with Crippen LogP contribution >= 0.6 is 0 Å². The zero-order valence-electron chi connectivity index (χ0n) is 12.1. The van der Waals surface area contributed by atoms with Crippen LogP contribution in [0, 0.1) is 35.0 Å². The van der Waals surface area contributed by atoms with Gasteiger partial charge in [0.15, 0.2) is 0 Å². The van der Waals surface area contributed by atoms with Crippen LogP contribution in [0.4, 0.5) is 0 Å². The summed E-state index contributed by atoms with van der Waals surface area (Å²) in [6.45, 7) is 2.30. The van der Waals surface area contributed by atoms with E-state index in [-0.39, 0.29) is 0 Å². The standard InChI is InChI=1S/C18H21NO/c1-10-7-16-13-6-4-11-3-5-12(20-2)8-14(11)15(13)9-17(19)18(10)16/h3-6,8,10,14-16,18-19H,7,9H2,1-2H3. The van der Waals surface area contributed by atoms with Crippen molar-refractivity contribution in [1.29, 1.82) is 5.41 Å². The second-order valence-corrected chi connectivity index (χ2v) is 6.65. The van der Waals surface area contributed by atoms with E-state index in [1.807, 2.05) is 6.08 Å². The highest BCUT2D eigenvalue weighted by Crippen LogP contribution is 2.55. The van der Waals surface area contributed by atoms with Gasteiger partial charge in [0.2, 0.25) is 0 Å². The van der Waals surface area contributed by atoms with Crippen molar-refractivity contribution in [3.8, 4) is 0 Å². The van der Waals surface area contributed by atoms with Gasteiger partial charge in [0.05, 0.1) is 7.11 Å². The number of nitrogens with one attached hydrogen (secondary N) is 1. The Kier molecular flexibility index (Phi) is 2.57. The fraction of sp³-hybridized carbons (Fsp3) is 0.500. The lowest BCUT2D eigenvalue weighted by molar-refractivity contribution is 0.144. The average molecular weight is 267 g/mol. The summed E-state index contributed by atoms with van der Waals surface area (Å²) in [7, 11) is 1.73. The third kappa shape index (κ3) is 1.54. The summed E-state index contributed by atoms with van der Waals surface area (Å²) in [5.74, 6) is 3.73. The Hall–Kier alpha value is -1.57. The maximum absolute atomic E-state index is 8.41.